The van der Waals surface area contributed by atoms with Crippen LogP contribution in [0.2, 0.25) is 0 Å². The van der Waals surface area contributed by atoms with Crippen molar-refractivity contribution in [1.29, 1.82) is 0 Å². The van der Waals surface area contributed by atoms with Crippen LogP contribution in [0.25, 0.3) is 0 Å². The molecule has 0 aliphatic rings. The topological polar surface area (TPSA) is 41.1 Å². The molecule has 0 heterocycles. The van der Waals surface area contributed by atoms with Gasteiger partial charge in [-0.15, -0.1) is 0 Å². The van der Waals surface area contributed by atoms with Crippen molar-refractivity contribution >= 4 is 37.8 Å². The summed E-state index contributed by atoms with van der Waals surface area (Å²) in [7, 11) is 0. The van der Waals surface area contributed by atoms with Gasteiger partial charge in [0.1, 0.15) is 0 Å². The van der Waals surface area contributed by atoms with E-state index < -0.39 is 0 Å². The summed E-state index contributed by atoms with van der Waals surface area (Å²) in [5.74, 6) is 0.108. The van der Waals surface area contributed by atoms with Gasteiger partial charge in [0.05, 0.1) is 0 Å². The maximum atomic E-state index is 11.5. The van der Waals surface area contributed by atoms with Crippen LogP contribution in [0.5, 0.6) is 0 Å². The lowest BCUT2D eigenvalue weighted by Crippen LogP contribution is -2.29. The predicted octanol–water partition coefficient (Wildman–Crippen LogP) is 3.78. The number of nitrogens with one attached hydrogen (secondary N) is 2. The number of hydrogen-bond acceptors (Lipinski definition) is 2. The van der Waals surface area contributed by atoms with Gasteiger partial charge < -0.3 is 10.6 Å². The molecule has 2 N–H and O–H groups in total. The second-order valence-electron chi connectivity index (χ2n) is 4.44. The SMILES string of the molecule is CCCNC(=O)CCNC(C)c1ccc(Br)cc1Br. The zero-order valence-corrected chi connectivity index (χ0v) is 14.5. The molecule has 0 aromatic heterocycles. The lowest BCUT2D eigenvalue weighted by atomic mass is 10.1. The van der Waals surface area contributed by atoms with Crippen molar-refractivity contribution in [2.24, 2.45) is 0 Å². The zero-order chi connectivity index (χ0) is 14.3. The minimum Gasteiger partial charge on any atom is -0.356 e. The minimum absolute atomic E-state index is 0.108. The van der Waals surface area contributed by atoms with Gasteiger partial charge in [0, 0.05) is 34.5 Å². The average Bonchev–Trinajstić information content (AvgIpc) is 2.36. The van der Waals surface area contributed by atoms with E-state index in [4.69, 9.17) is 0 Å². The number of carbonyl (C=O) groups is 1. The maximum absolute atomic E-state index is 11.5. The van der Waals surface area contributed by atoms with Gasteiger partial charge in [-0.25, -0.2) is 0 Å². The molecular weight excluding hydrogens is 372 g/mol. The molecule has 0 spiro atoms. The van der Waals surface area contributed by atoms with Crippen LogP contribution >= 0.6 is 31.9 Å². The van der Waals surface area contributed by atoms with Crippen LogP contribution in [0.3, 0.4) is 0 Å². The molecule has 0 saturated heterocycles. The van der Waals surface area contributed by atoms with E-state index >= 15 is 0 Å². The number of hydrogen-bond donors (Lipinski definition) is 2. The molecule has 1 atom stereocenters. The van der Waals surface area contributed by atoms with E-state index in [9.17, 15) is 4.79 Å². The Morgan fingerprint density at radius 1 is 1.32 bits per heavy atom. The first kappa shape index (κ1) is 16.7. The highest BCUT2D eigenvalue weighted by molar-refractivity contribution is 9.11. The van der Waals surface area contributed by atoms with E-state index in [1.807, 2.05) is 19.1 Å². The van der Waals surface area contributed by atoms with Gasteiger partial charge in [0.2, 0.25) is 5.91 Å². The Morgan fingerprint density at radius 2 is 2.05 bits per heavy atom. The Kier molecular flexibility index (Phi) is 7.64. The number of benzene rings is 1. The lowest BCUT2D eigenvalue weighted by Gasteiger charge is -2.16. The number of rotatable bonds is 7. The third kappa shape index (κ3) is 6.06. The Hall–Kier alpha value is -0.390. The van der Waals surface area contributed by atoms with E-state index in [-0.39, 0.29) is 11.9 Å². The van der Waals surface area contributed by atoms with E-state index in [2.05, 4.69) is 55.5 Å². The molecule has 1 aromatic carbocycles. The van der Waals surface area contributed by atoms with Crippen molar-refractivity contribution in [2.75, 3.05) is 13.1 Å². The van der Waals surface area contributed by atoms with Crippen molar-refractivity contribution in [3.63, 3.8) is 0 Å². The Balaban J connectivity index is 2.38. The van der Waals surface area contributed by atoms with Crippen molar-refractivity contribution in [3.05, 3.63) is 32.7 Å². The molecule has 0 saturated carbocycles. The average molecular weight is 392 g/mol. The van der Waals surface area contributed by atoms with Crippen LogP contribution in [-0.2, 0) is 4.79 Å². The van der Waals surface area contributed by atoms with Crippen LogP contribution in [0.1, 0.15) is 38.3 Å². The molecule has 0 radical (unpaired) electrons. The number of carbonyl (C=O) groups excluding carboxylic acids is 1. The molecular formula is C14H20Br2N2O. The van der Waals surface area contributed by atoms with Gasteiger partial charge in [-0.05, 0) is 31.0 Å². The first-order valence-corrected chi connectivity index (χ1v) is 8.08. The molecule has 1 amide bonds. The van der Waals surface area contributed by atoms with Crippen LogP contribution < -0.4 is 10.6 Å². The Bertz CT molecular complexity index is 424. The van der Waals surface area contributed by atoms with Crippen LogP contribution in [0.4, 0.5) is 0 Å². The maximum Gasteiger partial charge on any atom is 0.221 e. The largest absolute Gasteiger partial charge is 0.356 e. The molecule has 1 aromatic rings. The molecule has 0 aliphatic carbocycles. The quantitative estimate of drug-likeness (QED) is 0.742. The standard InChI is InChI=1S/C14H20Br2N2O/c1-3-7-18-14(19)6-8-17-10(2)12-5-4-11(15)9-13(12)16/h4-5,9-10,17H,3,6-8H2,1-2H3,(H,18,19). The van der Waals surface area contributed by atoms with E-state index in [1.165, 1.54) is 5.56 Å². The predicted molar refractivity (Wildman–Crippen MR) is 86.2 cm³/mol. The fourth-order valence-electron chi connectivity index (χ4n) is 1.72. The van der Waals surface area contributed by atoms with Gasteiger partial charge >= 0.3 is 0 Å². The van der Waals surface area contributed by atoms with Crippen molar-refractivity contribution in [2.45, 2.75) is 32.7 Å². The summed E-state index contributed by atoms with van der Waals surface area (Å²) in [6.45, 7) is 5.58. The van der Waals surface area contributed by atoms with E-state index in [0.29, 0.717) is 13.0 Å². The van der Waals surface area contributed by atoms with Crippen LogP contribution in [-0.4, -0.2) is 19.0 Å². The number of amides is 1. The molecule has 3 nitrogen and oxygen atoms in total. The molecule has 1 unspecified atom stereocenters. The van der Waals surface area contributed by atoms with Crippen molar-refractivity contribution in [3.8, 4) is 0 Å². The highest BCUT2D eigenvalue weighted by atomic mass is 79.9. The molecule has 0 bridgehead atoms. The summed E-state index contributed by atoms with van der Waals surface area (Å²) in [5.41, 5.74) is 1.19. The highest BCUT2D eigenvalue weighted by Crippen LogP contribution is 2.26. The smallest absolute Gasteiger partial charge is 0.221 e. The molecule has 5 heteroatoms. The lowest BCUT2D eigenvalue weighted by molar-refractivity contribution is -0.121. The monoisotopic (exact) mass is 390 g/mol. The number of halogens is 2. The Labute approximate surface area is 131 Å². The van der Waals surface area contributed by atoms with Crippen molar-refractivity contribution < 1.29 is 4.79 Å². The first-order valence-electron chi connectivity index (χ1n) is 6.49. The van der Waals surface area contributed by atoms with Gasteiger partial charge in [-0.3, -0.25) is 4.79 Å². The summed E-state index contributed by atoms with van der Waals surface area (Å²) in [4.78, 5) is 11.5. The summed E-state index contributed by atoms with van der Waals surface area (Å²) in [6, 6.07) is 6.33. The normalized spacial score (nSPS) is 12.2. The molecule has 19 heavy (non-hydrogen) atoms. The fourth-order valence-corrected chi connectivity index (χ4v) is 3.11. The van der Waals surface area contributed by atoms with Crippen LogP contribution in [0.15, 0.2) is 27.1 Å². The zero-order valence-electron chi connectivity index (χ0n) is 11.3. The van der Waals surface area contributed by atoms with E-state index in [0.717, 1.165) is 21.9 Å². The third-order valence-electron chi connectivity index (χ3n) is 2.80. The summed E-state index contributed by atoms with van der Waals surface area (Å²) in [6.07, 6.45) is 1.49. The fraction of sp³-hybridized carbons (Fsp3) is 0.500. The third-order valence-corrected chi connectivity index (χ3v) is 3.98. The first-order chi connectivity index (χ1) is 9.04. The molecule has 1 rings (SSSR count). The van der Waals surface area contributed by atoms with Crippen LogP contribution in [0, 0.1) is 0 Å². The Morgan fingerprint density at radius 3 is 2.68 bits per heavy atom. The summed E-state index contributed by atoms with van der Waals surface area (Å²) >= 11 is 6.99. The van der Waals surface area contributed by atoms with Gasteiger partial charge in [0.25, 0.3) is 0 Å². The van der Waals surface area contributed by atoms with E-state index in [1.54, 1.807) is 0 Å². The summed E-state index contributed by atoms with van der Waals surface area (Å²) < 4.78 is 2.12. The van der Waals surface area contributed by atoms with Gasteiger partial charge in [0.15, 0.2) is 0 Å². The minimum atomic E-state index is 0.108. The molecule has 0 aliphatic heterocycles. The highest BCUT2D eigenvalue weighted by Gasteiger charge is 2.09. The van der Waals surface area contributed by atoms with Crippen molar-refractivity contribution in [1.82, 2.24) is 10.6 Å². The molecule has 0 fully saturated rings. The second kappa shape index (κ2) is 8.72. The second-order valence-corrected chi connectivity index (χ2v) is 6.21. The van der Waals surface area contributed by atoms with Gasteiger partial charge in [-0.1, -0.05) is 44.8 Å². The molecule has 106 valence electrons. The summed E-state index contributed by atoms with van der Waals surface area (Å²) in [5, 5.41) is 6.23. The van der Waals surface area contributed by atoms with Gasteiger partial charge in [-0.2, -0.15) is 0 Å².